The van der Waals surface area contributed by atoms with Crippen molar-refractivity contribution < 1.29 is 14.0 Å². The molecule has 2 fully saturated rings. The van der Waals surface area contributed by atoms with E-state index in [4.69, 9.17) is 4.42 Å². The van der Waals surface area contributed by atoms with Gasteiger partial charge in [-0.2, -0.15) is 0 Å². The van der Waals surface area contributed by atoms with Gasteiger partial charge in [-0.15, -0.1) is 12.4 Å². The Bertz CT molecular complexity index is 611. The quantitative estimate of drug-likeness (QED) is 0.851. The molecule has 2 saturated heterocycles. The molecule has 1 aromatic rings. The smallest absolute Gasteiger partial charge is 0.289 e. The molecule has 6 nitrogen and oxygen atoms in total. The van der Waals surface area contributed by atoms with Crippen molar-refractivity contribution >= 4 is 24.2 Å². The van der Waals surface area contributed by atoms with Crippen molar-refractivity contribution in [1.29, 1.82) is 0 Å². The number of piperidine rings is 1. The fraction of sp³-hybridized carbons (Fsp3) is 0.667. The average Bonchev–Trinajstić information content (AvgIpc) is 3.22. The van der Waals surface area contributed by atoms with Gasteiger partial charge in [-0.1, -0.05) is 0 Å². The molecule has 2 N–H and O–H groups in total. The first-order valence-electron chi connectivity index (χ1n) is 8.92. The van der Waals surface area contributed by atoms with Crippen molar-refractivity contribution in [1.82, 2.24) is 15.5 Å². The van der Waals surface area contributed by atoms with Gasteiger partial charge in [-0.05, 0) is 58.1 Å². The third kappa shape index (κ3) is 4.76. The van der Waals surface area contributed by atoms with Crippen LogP contribution in [0, 0.1) is 19.8 Å². The van der Waals surface area contributed by atoms with Crippen molar-refractivity contribution in [2.24, 2.45) is 5.92 Å². The van der Waals surface area contributed by atoms with Gasteiger partial charge >= 0.3 is 0 Å². The highest BCUT2D eigenvalue weighted by atomic mass is 35.5. The number of amides is 2. The van der Waals surface area contributed by atoms with Gasteiger partial charge in [0, 0.05) is 25.2 Å². The number of aryl methyl sites for hydroxylation is 2. The van der Waals surface area contributed by atoms with Crippen LogP contribution in [0.1, 0.15) is 47.6 Å². The van der Waals surface area contributed by atoms with Crippen LogP contribution in [0.15, 0.2) is 10.5 Å². The van der Waals surface area contributed by atoms with E-state index in [1.165, 1.54) is 0 Å². The molecule has 0 aliphatic carbocycles. The number of halogens is 1. The first-order chi connectivity index (χ1) is 11.5. The summed E-state index contributed by atoms with van der Waals surface area (Å²) in [5.74, 6) is 1.58. The number of rotatable bonds is 4. The Labute approximate surface area is 155 Å². The van der Waals surface area contributed by atoms with Crippen molar-refractivity contribution in [3.05, 3.63) is 23.2 Å². The largest absolute Gasteiger partial charge is 0.456 e. The van der Waals surface area contributed by atoms with E-state index in [9.17, 15) is 9.59 Å². The fourth-order valence-electron chi connectivity index (χ4n) is 3.69. The molecular formula is C18H28ClN3O3. The molecule has 2 amide bonds. The van der Waals surface area contributed by atoms with E-state index < -0.39 is 0 Å². The molecule has 2 aliphatic rings. The SMILES string of the molecule is Cc1cc(C)c(C(=O)N2CCCC(CNC(=O)C3CCCN3)C2)o1.Cl. The van der Waals surface area contributed by atoms with Gasteiger partial charge < -0.3 is 20.0 Å². The van der Waals surface area contributed by atoms with Crippen molar-refractivity contribution in [3.8, 4) is 0 Å². The van der Waals surface area contributed by atoms with Crippen LogP contribution in [0.5, 0.6) is 0 Å². The number of nitrogens with one attached hydrogen (secondary N) is 2. The highest BCUT2D eigenvalue weighted by Gasteiger charge is 2.28. The lowest BCUT2D eigenvalue weighted by molar-refractivity contribution is -0.123. The minimum atomic E-state index is -0.0416. The minimum Gasteiger partial charge on any atom is -0.456 e. The molecule has 0 spiro atoms. The summed E-state index contributed by atoms with van der Waals surface area (Å²) >= 11 is 0. The second-order valence-electron chi connectivity index (χ2n) is 7.02. The summed E-state index contributed by atoms with van der Waals surface area (Å²) in [6.45, 7) is 6.75. The second-order valence-corrected chi connectivity index (χ2v) is 7.02. The predicted molar refractivity (Wildman–Crippen MR) is 98.1 cm³/mol. The van der Waals surface area contributed by atoms with Gasteiger partial charge in [0.15, 0.2) is 5.76 Å². The Balaban J connectivity index is 0.00000225. The van der Waals surface area contributed by atoms with Crippen LogP contribution >= 0.6 is 12.4 Å². The maximum atomic E-state index is 12.7. The molecule has 1 aromatic heterocycles. The number of likely N-dealkylation sites (tertiary alicyclic amines) is 1. The standard InChI is InChI=1S/C18H27N3O3.ClH/c1-12-9-13(2)24-16(12)18(23)21-8-4-5-14(11-21)10-20-17(22)15-6-3-7-19-15;/h9,14-15,19H,3-8,10-11H2,1-2H3,(H,20,22);1H. The van der Waals surface area contributed by atoms with Gasteiger partial charge in [0.2, 0.25) is 5.91 Å². The number of carbonyl (C=O) groups is 2. The Morgan fingerprint density at radius 1 is 1.32 bits per heavy atom. The van der Waals surface area contributed by atoms with Crippen LogP contribution in [0.2, 0.25) is 0 Å². The van der Waals surface area contributed by atoms with E-state index in [0.29, 0.717) is 24.8 Å². The summed E-state index contributed by atoms with van der Waals surface area (Å²) in [6, 6.07) is 1.85. The third-order valence-corrected chi connectivity index (χ3v) is 4.98. The Hall–Kier alpha value is -1.53. The first-order valence-corrected chi connectivity index (χ1v) is 8.92. The minimum absolute atomic E-state index is 0. The number of nitrogens with zero attached hydrogens (tertiary/aromatic N) is 1. The maximum absolute atomic E-state index is 12.7. The van der Waals surface area contributed by atoms with E-state index in [2.05, 4.69) is 10.6 Å². The van der Waals surface area contributed by atoms with Crippen LogP contribution in [-0.2, 0) is 4.79 Å². The van der Waals surface area contributed by atoms with Crippen LogP contribution < -0.4 is 10.6 Å². The number of carbonyl (C=O) groups excluding carboxylic acids is 2. The topological polar surface area (TPSA) is 74.6 Å². The van der Waals surface area contributed by atoms with Gasteiger partial charge in [0.25, 0.3) is 5.91 Å². The van der Waals surface area contributed by atoms with Crippen molar-refractivity contribution in [2.75, 3.05) is 26.2 Å². The van der Waals surface area contributed by atoms with E-state index in [-0.39, 0.29) is 30.3 Å². The predicted octanol–water partition coefficient (Wildman–Crippen LogP) is 2.04. The molecule has 2 unspecified atom stereocenters. The number of hydrogen-bond acceptors (Lipinski definition) is 4. The average molecular weight is 370 g/mol. The van der Waals surface area contributed by atoms with E-state index in [0.717, 1.165) is 50.1 Å². The second kappa shape index (κ2) is 8.72. The van der Waals surface area contributed by atoms with Crippen LogP contribution in [-0.4, -0.2) is 48.9 Å². The summed E-state index contributed by atoms with van der Waals surface area (Å²) in [5.41, 5.74) is 0.889. The Morgan fingerprint density at radius 3 is 2.76 bits per heavy atom. The summed E-state index contributed by atoms with van der Waals surface area (Å²) in [4.78, 5) is 26.6. The zero-order chi connectivity index (χ0) is 17.1. The van der Waals surface area contributed by atoms with Crippen molar-refractivity contribution in [3.63, 3.8) is 0 Å². The molecule has 140 valence electrons. The fourth-order valence-corrected chi connectivity index (χ4v) is 3.69. The molecule has 0 bridgehead atoms. The molecular weight excluding hydrogens is 342 g/mol. The lowest BCUT2D eigenvalue weighted by atomic mass is 9.97. The molecule has 3 heterocycles. The molecule has 3 rings (SSSR count). The van der Waals surface area contributed by atoms with Gasteiger partial charge in [-0.3, -0.25) is 9.59 Å². The maximum Gasteiger partial charge on any atom is 0.289 e. The normalized spacial score (nSPS) is 23.2. The zero-order valence-electron chi connectivity index (χ0n) is 15.0. The van der Waals surface area contributed by atoms with Gasteiger partial charge in [0.05, 0.1) is 6.04 Å². The Kier molecular flexibility index (Phi) is 6.90. The molecule has 0 aromatic carbocycles. The van der Waals surface area contributed by atoms with E-state index >= 15 is 0 Å². The molecule has 0 radical (unpaired) electrons. The number of furan rings is 1. The molecule has 0 saturated carbocycles. The van der Waals surface area contributed by atoms with Gasteiger partial charge in [0.1, 0.15) is 5.76 Å². The van der Waals surface area contributed by atoms with Crippen LogP contribution in [0.4, 0.5) is 0 Å². The molecule has 2 aliphatic heterocycles. The summed E-state index contributed by atoms with van der Waals surface area (Å²) < 4.78 is 5.56. The first kappa shape index (κ1) is 19.8. The summed E-state index contributed by atoms with van der Waals surface area (Å²) in [6.07, 6.45) is 3.98. The molecule has 2 atom stereocenters. The molecule has 7 heteroatoms. The van der Waals surface area contributed by atoms with Crippen LogP contribution in [0.3, 0.4) is 0 Å². The van der Waals surface area contributed by atoms with Gasteiger partial charge in [-0.25, -0.2) is 0 Å². The highest BCUT2D eigenvalue weighted by Crippen LogP contribution is 2.21. The third-order valence-electron chi connectivity index (χ3n) is 4.98. The monoisotopic (exact) mass is 369 g/mol. The number of hydrogen-bond donors (Lipinski definition) is 2. The van der Waals surface area contributed by atoms with Crippen molar-refractivity contribution in [2.45, 2.75) is 45.6 Å². The molecule has 25 heavy (non-hydrogen) atoms. The summed E-state index contributed by atoms with van der Waals surface area (Å²) in [7, 11) is 0. The van der Waals surface area contributed by atoms with E-state index in [1.807, 2.05) is 24.8 Å². The van der Waals surface area contributed by atoms with Crippen LogP contribution in [0.25, 0.3) is 0 Å². The lowest BCUT2D eigenvalue weighted by Crippen LogP contribution is -2.46. The summed E-state index contributed by atoms with van der Waals surface area (Å²) in [5, 5.41) is 6.26. The zero-order valence-corrected chi connectivity index (χ0v) is 15.8. The lowest BCUT2D eigenvalue weighted by Gasteiger charge is -2.32. The van der Waals surface area contributed by atoms with E-state index in [1.54, 1.807) is 0 Å². The highest BCUT2D eigenvalue weighted by molar-refractivity contribution is 5.93. The Morgan fingerprint density at radius 2 is 2.12 bits per heavy atom.